The van der Waals surface area contributed by atoms with Gasteiger partial charge in [0.15, 0.2) is 0 Å². The number of nitrogens with one attached hydrogen (secondary N) is 1. The van der Waals surface area contributed by atoms with E-state index >= 15 is 0 Å². The van der Waals surface area contributed by atoms with Crippen LogP contribution in [0.3, 0.4) is 0 Å². The molecule has 2 rings (SSSR count). The maximum Gasteiger partial charge on any atom is 0.417 e. The Balaban J connectivity index is 2.02. The molecule has 0 radical (unpaired) electrons. The van der Waals surface area contributed by atoms with Crippen molar-refractivity contribution in [2.45, 2.75) is 30.7 Å². The minimum atomic E-state index is -4.48. The standard InChI is InChI=1S/C14H15BrF3NOS/c15-12-5-4-9(7-11(12)14(16,17)18)13(20)19-8-10-3-1-2-6-21-10/h4-5,7,10H,1-3,6,8H2,(H,19,20). The van der Waals surface area contributed by atoms with Crippen molar-refractivity contribution in [2.75, 3.05) is 12.3 Å². The molecule has 1 fully saturated rings. The van der Waals surface area contributed by atoms with E-state index in [1.165, 1.54) is 18.6 Å². The molecule has 2 nitrogen and oxygen atoms in total. The van der Waals surface area contributed by atoms with Gasteiger partial charge >= 0.3 is 6.18 Å². The molecule has 21 heavy (non-hydrogen) atoms. The molecule has 0 aromatic heterocycles. The SMILES string of the molecule is O=C(NCC1CCCCS1)c1ccc(Br)c(C(F)(F)F)c1. The lowest BCUT2D eigenvalue weighted by atomic mass is 10.1. The normalized spacial score (nSPS) is 19.3. The molecule has 0 bridgehead atoms. The average molecular weight is 382 g/mol. The predicted molar refractivity (Wildman–Crippen MR) is 81.6 cm³/mol. The van der Waals surface area contributed by atoms with Crippen molar-refractivity contribution in [2.24, 2.45) is 0 Å². The van der Waals surface area contributed by atoms with E-state index < -0.39 is 17.6 Å². The molecule has 1 heterocycles. The van der Waals surface area contributed by atoms with E-state index in [1.54, 1.807) is 0 Å². The quantitative estimate of drug-likeness (QED) is 0.835. The van der Waals surface area contributed by atoms with Gasteiger partial charge in [-0.15, -0.1) is 0 Å². The van der Waals surface area contributed by atoms with Crippen LogP contribution in [0.5, 0.6) is 0 Å². The number of carbonyl (C=O) groups is 1. The highest BCUT2D eigenvalue weighted by molar-refractivity contribution is 9.10. The summed E-state index contributed by atoms with van der Waals surface area (Å²) in [6, 6.07) is 3.53. The fourth-order valence-electron chi connectivity index (χ4n) is 2.16. The first-order valence-corrected chi connectivity index (χ1v) is 8.48. The van der Waals surface area contributed by atoms with Crippen LogP contribution in [0.4, 0.5) is 13.2 Å². The summed E-state index contributed by atoms with van der Waals surface area (Å²) in [5.74, 6) is 0.621. The fraction of sp³-hybridized carbons (Fsp3) is 0.500. The zero-order valence-corrected chi connectivity index (χ0v) is 13.6. The summed E-state index contributed by atoms with van der Waals surface area (Å²) >= 11 is 4.67. The number of amides is 1. The van der Waals surface area contributed by atoms with Crippen molar-refractivity contribution >= 4 is 33.6 Å². The Morgan fingerprint density at radius 2 is 2.14 bits per heavy atom. The molecule has 0 aliphatic carbocycles. The Morgan fingerprint density at radius 1 is 1.38 bits per heavy atom. The molecule has 1 aromatic rings. The number of halogens is 4. The molecule has 1 saturated heterocycles. The number of rotatable bonds is 3. The molecule has 1 N–H and O–H groups in total. The lowest BCUT2D eigenvalue weighted by Crippen LogP contribution is -2.32. The zero-order chi connectivity index (χ0) is 15.5. The first kappa shape index (κ1) is 16.7. The molecule has 1 aromatic carbocycles. The minimum absolute atomic E-state index is 0.0336. The number of carbonyl (C=O) groups excluding carboxylic acids is 1. The van der Waals surface area contributed by atoms with Crippen LogP contribution in [0, 0.1) is 0 Å². The molecule has 1 atom stereocenters. The number of thioether (sulfide) groups is 1. The van der Waals surface area contributed by atoms with Crippen molar-refractivity contribution in [3.05, 3.63) is 33.8 Å². The predicted octanol–water partition coefficient (Wildman–Crippen LogP) is 4.48. The van der Waals surface area contributed by atoms with Gasteiger partial charge in [-0.05, 0) is 36.8 Å². The van der Waals surface area contributed by atoms with Crippen molar-refractivity contribution in [3.63, 3.8) is 0 Å². The minimum Gasteiger partial charge on any atom is -0.351 e. The van der Waals surface area contributed by atoms with Gasteiger partial charge in [0.1, 0.15) is 0 Å². The van der Waals surface area contributed by atoms with E-state index in [9.17, 15) is 18.0 Å². The van der Waals surface area contributed by atoms with Crippen molar-refractivity contribution in [1.82, 2.24) is 5.32 Å². The molecule has 1 unspecified atom stereocenters. The van der Waals surface area contributed by atoms with Crippen LogP contribution < -0.4 is 5.32 Å². The lowest BCUT2D eigenvalue weighted by Gasteiger charge is -2.21. The van der Waals surface area contributed by atoms with Crippen molar-refractivity contribution < 1.29 is 18.0 Å². The van der Waals surface area contributed by atoms with E-state index in [4.69, 9.17) is 0 Å². The molecule has 116 valence electrons. The molecule has 1 aliphatic heterocycles. The molecule has 0 spiro atoms. The lowest BCUT2D eigenvalue weighted by molar-refractivity contribution is -0.138. The van der Waals surface area contributed by atoms with Gasteiger partial charge in [0, 0.05) is 21.8 Å². The highest BCUT2D eigenvalue weighted by Crippen LogP contribution is 2.35. The third-order valence-corrected chi connectivity index (χ3v) is 5.39. The van der Waals surface area contributed by atoms with E-state index in [-0.39, 0.29) is 10.0 Å². The van der Waals surface area contributed by atoms with Crippen LogP contribution in [0.1, 0.15) is 35.2 Å². The Bertz CT molecular complexity index is 515. The first-order chi connectivity index (χ1) is 9.88. The van der Waals surface area contributed by atoms with Crippen molar-refractivity contribution in [3.8, 4) is 0 Å². The van der Waals surface area contributed by atoms with Gasteiger partial charge in [0.25, 0.3) is 5.91 Å². The molecule has 1 amide bonds. The summed E-state index contributed by atoms with van der Waals surface area (Å²) in [7, 11) is 0. The Kier molecular flexibility index (Phi) is 5.60. The maximum atomic E-state index is 12.8. The van der Waals surface area contributed by atoms with E-state index in [0.717, 1.165) is 24.7 Å². The highest BCUT2D eigenvalue weighted by Gasteiger charge is 2.33. The van der Waals surface area contributed by atoms with Crippen LogP contribution in [-0.4, -0.2) is 23.5 Å². The van der Waals surface area contributed by atoms with Gasteiger partial charge in [-0.3, -0.25) is 4.79 Å². The number of benzene rings is 1. The smallest absolute Gasteiger partial charge is 0.351 e. The molecule has 7 heteroatoms. The fourth-order valence-corrected chi connectivity index (χ4v) is 3.87. The maximum absolute atomic E-state index is 12.8. The van der Waals surface area contributed by atoms with Gasteiger partial charge in [-0.25, -0.2) is 0 Å². The Hall–Kier alpha value is -0.690. The van der Waals surface area contributed by atoms with E-state index in [0.29, 0.717) is 11.8 Å². The summed E-state index contributed by atoms with van der Waals surface area (Å²) in [5.41, 5.74) is -0.798. The number of hydrogen-bond donors (Lipinski definition) is 1. The summed E-state index contributed by atoms with van der Waals surface area (Å²) in [4.78, 5) is 12.0. The van der Waals surface area contributed by atoms with Crippen LogP contribution in [0.2, 0.25) is 0 Å². The third kappa shape index (κ3) is 4.64. The van der Waals surface area contributed by atoms with Crippen LogP contribution in [-0.2, 0) is 6.18 Å². The summed E-state index contributed by atoms with van der Waals surface area (Å²) < 4.78 is 38.4. The van der Waals surface area contributed by atoms with Gasteiger partial charge < -0.3 is 5.32 Å². The Labute approximate surface area is 134 Å². The summed E-state index contributed by atoms with van der Waals surface area (Å²) in [6.45, 7) is 0.501. The number of alkyl halides is 3. The molecule has 1 aliphatic rings. The second kappa shape index (κ2) is 7.05. The van der Waals surface area contributed by atoms with Crippen LogP contribution in [0.25, 0.3) is 0 Å². The van der Waals surface area contributed by atoms with Gasteiger partial charge in [0.2, 0.25) is 0 Å². The van der Waals surface area contributed by atoms with Crippen LogP contribution >= 0.6 is 27.7 Å². The second-order valence-corrected chi connectivity index (χ2v) is 7.15. The average Bonchev–Trinajstić information content (AvgIpc) is 2.45. The van der Waals surface area contributed by atoms with Gasteiger partial charge in [0.05, 0.1) is 5.56 Å². The molecular formula is C14H15BrF3NOS. The zero-order valence-electron chi connectivity index (χ0n) is 11.2. The highest BCUT2D eigenvalue weighted by atomic mass is 79.9. The summed E-state index contributed by atoms with van der Waals surface area (Å²) in [5, 5.41) is 3.09. The summed E-state index contributed by atoms with van der Waals surface area (Å²) in [6.07, 6.45) is -1.10. The largest absolute Gasteiger partial charge is 0.417 e. The first-order valence-electron chi connectivity index (χ1n) is 6.64. The molecule has 0 saturated carbocycles. The van der Waals surface area contributed by atoms with Crippen LogP contribution in [0.15, 0.2) is 22.7 Å². The molecular weight excluding hydrogens is 367 g/mol. The van der Waals surface area contributed by atoms with E-state index in [2.05, 4.69) is 21.2 Å². The number of hydrogen-bond acceptors (Lipinski definition) is 2. The monoisotopic (exact) mass is 381 g/mol. The topological polar surface area (TPSA) is 29.1 Å². The van der Waals surface area contributed by atoms with E-state index in [1.807, 2.05) is 11.8 Å². The second-order valence-electron chi connectivity index (χ2n) is 4.89. The third-order valence-electron chi connectivity index (χ3n) is 3.30. The van der Waals surface area contributed by atoms with Gasteiger partial charge in [-0.2, -0.15) is 24.9 Å². The Morgan fingerprint density at radius 3 is 2.76 bits per heavy atom. The van der Waals surface area contributed by atoms with Gasteiger partial charge in [-0.1, -0.05) is 22.4 Å². The van der Waals surface area contributed by atoms with Crippen molar-refractivity contribution in [1.29, 1.82) is 0 Å².